The van der Waals surface area contributed by atoms with Gasteiger partial charge in [-0.05, 0) is 36.2 Å². The first-order valence-corrected chi connectivity index (χ1v) is 9.66. The van der Waals surface area contributed by atoms with Crippen molar-refractivity contribution in [3.8, 4) is 0 Å². The number of anilines is 2. The summed E-state index contributed by atoms with van der Waals surface area (Å²) in [5.41, 5.74) is 3.12. The van der Waals surface area contributed by atoms with Crippen LogP contribution in [-0.2, 0) is 10.1 Å². The third kappa shape index (κ3) is 3.60. The number of para-hydroxylation sites is 1. The summed E-state index contributed by atoms with van der Waals surface area (Å²) < 4.78 is 30.9. The average Bonchev–Trinajstić information content (AvgIpc) is 2.52. The SMILES string of the molecule is C=Cc1ccc2c(c1)N(CCCS(=O)(=O)O)c1ccccc1S2. The van der Waals surface area contributed by atoms with Crippen LogP contribution in [0.25, 0.3) is 6.08 Å². The summed E-state index contributed by atoms with van der Waals surface area (Å²) in [5, 5.41) is 0. The Morgan fingerprint density at radius 3 is 2.61 bits per heavy atom. The topological polar surface area (TPSA) is 57.6 Å². The van der Waals surface area contributed by atoms with Gasteiger partial charge in [-0.15, -0.1) is 0 Å². The lowest BCUT2D eigenvalue weighted by molar-refractivity contribution is 0.481. The molecule has 0 fully saturated rings. The number of rotatable bonds is 5. The molecule has 3 rings (SSSR count). The van der Waals surface area contributed by atoms with E-state index in [0.717, 1.165) is 26.7 Å². The Morgan fingerprint density at radius 2 is 1.87 bits per heavy atom. The minimum absolute atomic E-state index is 0.241. The summed E-state index contributed by atoms with van der Waals surface area (Å²) in [6.45, 7) is 4.32. The van der Waals surface area contributed by atoms with E-state index in [1.54, 1.807) is 17.8 Å². The highest BCUT2D eigenvalue weighted by Crippen LogP contribution is 2.48. The van der Waals surface area contributed by atoms with Crippen LogP contribution in [0.1, 0.15) is 12.0 Å². The van der Waals surface area contributed by atoms with Crippen LogP contribution in [0.15, 0.2) is 58.8 Å². The van der Waals surface area contributed by atoms with Gasteiger partial charge in [-0.2, -0.15) is 8.42 Å². The van der Waals surface area contributed by atoms with Crippen LogP contribution >= 0.6 is 11.8 Å². The normalized spacial score (nSPS) is 13.3. The standard InChI is InChI=1S/C17H17NO3S2/c1-2-13-8-9-17-15(12-13)18(10-5-11-23(19,20)21)14-6-3-4-7-16(14)22-17/h2-4,6-9,12H,1,5,10-11H2,(H,19,20,21). The highest BCUT2D eigenvalue weighted by molar-refractivity contribution is 7.99. The van der Waals surface area contributed by atoms with Crippen molar-refractivity contribution in [1.82, 2.24) is 0 Å². The van der Waals surface area contributed by atoms with Crippen LogP contribution in [0.2, 0.25) is 0 Å². The third-order valence-electron chi connectivity index (χ3n) is 3.67. The molecule has 0 unspecified atom stereocenters. The fraction of sp³-hybridized carbons (Fsp3) is 0.176. The van der Waals surface area contributed by atoms with E-state index in [1.165, 1.54) is 0 Å². The summed E-state index contributed by atoms with van der Waals surface area (Å²) in [6, 6.07) is 14.2. The molecule has 0 radical (unpaired) electrons. The number of nitrogens with zero attached hydrogens (tertiary/aromatic N) is 1. The van der Waals surface area contributed by atoms with Gasteiger partial charge in [0.2, 0.25) is 0 Å². The number of fused-ring (bicyclic) bond motifs is 2. The molecule has 6 heteroatoms. The summed E-state index contributed by atoms with van der Waals surface area (Å²) in [7, 11) is -3.94. The molecule has 23 heavy (non-hydrogen) atoms. The highest BCUT2D eigenvalue weighted by Gasteiger charge is 2.23. The van der Waals surface area contributed by atoms with E-state index in [2.05, 4.69) is 29.7 Å². The van der Waals surface area contributed by atoms with Gasteiger partial charge in [-0.3, -0.25) is 4.55 Å². The minimum atomic E-state index is -3.94. The molecule has 4 nitrogen and oxygen atoms in total. The first kappa shape index (κ1) is 16.1. The number of hydrogen-bond acceptors (Lipinski definition) is 4. The lowest BCUT2D eigenvalue weighted by atomic mass is 10.1. The Bertz CT molecular complexity index is 847. The van der Waals surface area contributed by atoms with Gasteiger partial charge in [-0.25, -0.2) is 0 Å². The second-order valence-electron chi connectivity index (χ2n) is 5.29. The molecule has 120 valence electrons. The second-order valence-corrected chi connectivity index (χ2v) is 7.95. The quantitative estimate of drug-likeness (QED) is 0.821. The zero-order valence-electron chi connectivity index (χ0n) is 12.5. The molecule has 0 aliphatic carbocycles. The smallest absolute Gasteiger partial charge is 0.264 e. The molecule has 0 atom stereocenters. The van der Waals surface area contributed by atoms with E-state index >= 15 is 0 Å². The Hall–Kier alpha value is -1.76. The summed E-state index contributed by atoms with van der Waals surface area (Å²) in [5.74, 6) is -0.241. The Balaban J connectivity index is 1.97. The van der Waals surface area contributed by atoms with Gasteiger partial charge in [0.1, 0.15) is 0 Å². The number of benzene rings is 2. The predicted molar refractivity (Wildman–Crippen MR) is 95.1 cm³/mol. The molecule has 0 bridgehead atoms. The largest absolute Gasteiger partial charge is 0.340 e. The van der Waals surface area contributed by atoms with Crippen molar-refractivity contribution in [2.45, 2.75) is 16.2 Å². The van der Waals surface area contributed by atoms with E-state index in [4.69, 9.17) is 4.55 Å². The highest BCUT2D eigenvalue weighted by atomic mass is 32.2. The average molecular weight is 347 g/mol. The molecule has 1 heterocycles. The molecule has 1 N–H and O–H groups in total. The molecule has 2 aromatic rings. The van der Waals surface area contributed by atoms with Crippen LogP contribution in [0, 0.1) is 0 Å². The number of hydrogen-bond donors (Lipinski definition) is 1. The maximum atomic E-state index is 11.0. The van der Waals surface area contributed by atoms with Crippen molar-refractivity contribution in [3.63, 3.8) is 0 Å². The maximum Gasteiger partial charge on any atom is 0.264 e. The van der Waals surface area contributed by atoms with E-state index in [1.807, 2.05) is 24.3 Å². The van der Waals surface area contributed by atoms with Crippen LogP contribution in [0.3, 0.4) is 0 Å². The maximum absolute atomic E-state index is 11.0. The van der Waals surface area contributed by atoms with E-state index in [-0.39, 0.29) is 5.75 Å². The van der Waals surface area contributed by atoms with Gasteiger partial charge in [0, 0.05) is 16.3 Å². The zero-order chi connectivity index (χ0) is 16.4. The van der Waals surface area contributed by atoms with Crippen molar-refractivity contribution in [2.75, 3.05) is 17.2 Å². The fourth-order valence-electron chi connectivity index (χ4n) is 2.62. The van der Waals surface area contributed by atoms with Crippen LogP contribution in [0.4, 0.5) is 11.4 Å². The summed E-state index contributed by atoms with van der Waals surface area (Å²) in [6.07, 6.45) is 2.15. The van der Waals surface area contributed by atoms with E-state index in [0.29, 0.717) is 13.0 Å². The first-order valence-electron chi connectivity index (χ1n) is 7.24. The molecule has 1 aliphatic rings. The Kier molecular flexibility index (Phi) is 4.48. The molecular weight excluding hydrogens is 330 g/mol. The monoisotopic (exact) mass is 347 g/mol. The molecular formula is C17H17NO3S2. The van der Waals surface area contributed by atoms with Crippen LogP contribution in [0.5, 0.6) is 0 Å². The van der Waals surface area contributed by atoms with Gasteiger partial charge in [0.15, 0.2) is 0 Å². The second kappa shape index (κ2) is 6.39. The van der Waals surface area contributed by atoms with Crippen LogP contribution in [-0.4, -0.2) is 25.3 Å². The van der Waals surface area contributed by atoms with Gasteiger partial charge >= 0.3 is 0 Å². The molecule has 2 aromatic carbocycles. The van der Waals surface area contributed by atoms with Crippen molar-refractivity contribution < 1.29 is 13.0 Å². The third-order valence-corrected chi connectivity index (χ3v) is 5.60. The van der Waals surface area contributed by atoms with Crippen molar-refractivity contribution in [1.29, 1.82) is 0 Å². The minimum Gasteiger partial charge on any atom is -0.340 e. The van der Waals surface area contributed by atoms with Crippen LogP contribution < -0.4 is 4.90 Å². The molecule has 0 aromatic heterocycles. The summed E-state index contributed by atoms with van der Waals surface area (Å²) >= 11 is 1.70. The van der Waals surface area contributed by atoms with Crippen molar-refractivity contribution in [2.24, 2.45) is 0 Å². The zero-order valence-corrected chi connectivity index (χ0v) is 14.1. The lowest BCUT2D eigenvalue weighted by Gasteiger charge is -2.33. The van der Waals surface area contributed by atoms with Gasteiger partial charge in [0.05, 0.1) is 17.1 Å². The molecule has 0 saturated carbocycles. The predicted octanol–water partition coefficient (Wildman–Crippen LogP) is 4.21. The van der Waals surface area contributed by atoms with Gasteiger partial charge in [0.25, 0.3) is 10.1 Å². The Morgan fingerprint density at radius 1 is 1.13 bits per heavy atom. The first-order chi connectivity index (χ1) is 11.0. The fourth-order valence-corrected chi connectivity index (χ4v) is 4.19. The summed E-state index contributed by atoms with van der Waals surface area (Å²) in [4.78, 5) is 4.37. The molecule has 1 aliphatic heterocycles. The Labute approximate surface area is 140 Å². The van der Waals surface area contributed by atoms with Gasteiger partial charge in [-0.1, -0.05) is 42.6 Å². The molecule has 0 spiro atoms. The lowest BCUT2D eigenvalue weighted by Crippen LogP contribution is -2.23. The molecule has 0 saturated heterocycles. The van der Waals surface area contributed by atoms with Crippen molar-refractivity contribution >= 4 is 39.3 Å². The van der Waals surface area contributed by atoms with Gasteiger partial charge < -0.3 is 4.90 Å². The molecule has 0 amide bonds. The van der Waals surface area contributed by atoms with E-state index < -0.39 is 10.1 Å². The van der Waals surface area contributed by atoms with Crippen molar-refractivity contribution in [3.05, 3.63) is 54.6 Å². The van der Waals surface area contributed by atoms with E-state index in [9.17, 15) is 8.42 Å².